The van der Waals surface area contributed by atoms with Gasteiger partial charge in [-0.05, 0) is 52.1 Å². The number of thioether (sulfide) groups is 1. The quantitative estimate of drug-likeness (QED) is 0.750. The molecule has 0 unspecified atom stereocenters. The molecule has 0 aliphatic carbocycles. The van der Waals surface area contributed by atoms with Crippen molar-refractivity contribution in [3.63, 3.8) is 0 Å². The summed E-state index contributed by atoms with van der Waals surface area (Å²) in [5.74, 6) is 0.644. The molecular weight excluding hydrogens is 352 g/mol. The molecule has 0 fully saturated rings. The Balaban J connectivity index is 2.89. The van der Waals surface area contributed by atoms with Crippen LogP contribution in [0.5, 0.6) is 0 Å². The standard InChI is InChI=1S/C12H15BrO4S2/c1-2-18-6-3-7-19(16,17)9-4-5-11(13)10(8-9)12(14)15/h4-5,8H,2-3,6-7H2,1H3,(H,14,15). The lowest BCUT2D eigenvalue weighted by atomic mass is 10.2. The van der Waals surface area contributed by atoms with E-state index in [-0.39, 0.29) is 16.2 Å². The first-order chi connectivity index (χ1) is 8.88. The number of hydrogen-bond acceptors (Lipinski definition) is 4. The molecule has 7 heteroatoms. The highest BCUT2D eigenvalue weighted by Gasteiger charge is 2.18. The van der Waals surface area contributed by atoms with Crippen LogP contribution < -0.4 is 0 Å². The predicted molar refractivity (Wildman–Crippen MR) is 80.8 cm³/mol. The Kier molecular flexibility index (Phi) is 6.35. The molecule has 0 amide bonds. The summed E-state index contributed by atoms with van der Waals surface area (Å²) < 4.78 is 24.5. The first-order valence-corrected chi connectivity index (χ1v) is 9.32. The fourth-order valence-corrected chi connectivity index (χ4v) is 4.04. The van der Waals surface area contributed by atoms with E-state index in [1.165, 1.54) is 18.2 Å². The summed E-state index contributed by atoms with van der Waals surface area (Å²) in [6, 6.07) is 4.09. The molecule has 0 aliphatic heterocycles. The Hall–Kier alpha value is -0.530. The Morgan fingerprint density at radius 3 is 2.68 bits per heavy atom. The van der Waals surface area contributed by atoms with Gasteiger partial charge in [-0.2, -0.15) is 11.8 Å². The maximum absolute atomic E-state index is 12.1. The number of hydrogen-bond donors (Lipinski definition) is 1. The molecule has 4 nitrogen and oxygen atoms in total. The zero-order valence-corrected chi connectivity index (χ0v) is 13.6. The minimum Gasteiger partial charge on any atom is -0.478 e. The fourth-order valence-electron chi connectivity index (χ4n) is 1.47. The molecule has 0 saturated carbocycles. The van der Waals surface area contributed by atoms with Crippen LogP contribution in [-0.2, 0) is 9.84 Å². The second kappa shape index (κ2) is 7.31. The summed E-state index contributed by atoms with van der Waals surface area (Å²) in [4.78, 5) is 11.0. The lowest BCUT2D eigenvalue weighted by Gasteiger charge is -2.06. The van der Waals surface area contributed by atoms with E-state index in [0.717, 1.165) is 11.5 Å². The fraction of sp³-hybridized carbons (Fsp3) is 0.417. The van der Waals surface area contributed by atoms with Gasteiger partial charge in [0, 0.05) is 4.47 Å². The van der Waals surface area contributed by atoms with Crippen LogP contribution in [0.15, 0.2) is 27.6 Å². The molecule has 0 radical (unpaired) electrons. The van der Waals surface area contributed by atoms with Crippen molar-refractivity contribution in [1.29, 1.82) is 0 Å². The molecule has 1 N–H and O–H groups in total. The number of sulfone groups is 1. The summed E-state index contributed by atoms with van der Waals surface area (Å²) in [6.45, 7) is 2.02. The minimum absolute atomic E-state index is 0.0380. The van der Waals surface area contributed by atoms with Gasteiger partial charge in [0.15, 0.2) is 9.84 Å². The number of carbonyl (C=O) groups is 1. The van der Waals surface area contributed by atoms with Crippen molar-refractivity contribution in [2.45, 2.75) is 18.2 Å². The lowest BCUT2D eigenvalue weighted by Crippen LogP contribution is -2.09. The SMILES string of the molecule is CCSCCCS(=O)(=O)c1ccc(Br)c(C(=O)O)c1. The normalized spacial score (nSPS) is 11.5. The van der Waals surface area contributed by atoms with E-state index in [1.54, 1.807) is 11.8 Å². The van der Waals surface area contributed by atoms with Gasteiger partial charge < -0.3 is 5.11 Å². The molecule has 0 saturated heterocycles. The molecule has 0 heterocycles. The third kappa shape index (κ3) is 4.81. The average Bonchev–Trinajstić information content (AvgIpc) is 2.34. The van der Waals surface area contributed by atoms with Gasteiger partial charge in [0.25, 0.3) is 0 Å². The van der Waals surface area contributed by atoms with E-state index >= 15 is 0 Å². The predicted octanol–water partition coefficient (Wildman–Crippen LogP) is 3.06. The zero-order valence-electron chi connectivity index (χ0n) is 10.4. The number of carboxylic acids is 1. The monoisotopic (exact) mass is 366 g/mol. The van der Waals surface area contributed by atoms with Crippen LogP contribution in [0.25, 0.3) is 0 Å². The van der Waals surface area contributed by atoms with Crippen molar-refractivity contribution in [3.05, 3.63) is 28.2 Å². The molecule has 0 aromatic heterocycles. The van der Waals surface area contributed by atoms with E-state index < -0.39 is 15.8 Å². The molecule has 0 spiro atoms. The summed E-state index contributed by atoms with van der Waals surface area (Å²) >= 11 is 4.78. The first-order valence-electron chi connectivity index (χ1n) is 5.72. The van der Waals surface area contributed by atoms with Crippen LogP contribution in [0.2, 0.25) is 0 Å². The first kappa shape index (κ1) is 16.5. The van der Waals surface area contributed by atoms with Crippen LogP contribution in [0.4, 0.5) is 0 Å². The van der Waals surface area contributed by atoms with Crippen molar-refractivity contribution in [3.8, 4) is 0 Å². The summed E-state index contributed by atoms with van der Waals surface area (Å²) in [7, 11) is -3.41. The molecule has 1 rings (SSSR count). The molecule has 0 bridgehead atoms. The maximum atomic E-state index is 12.1. The summed E-state index contributed by atoms with van der Waals surface area (Å²) in [5, 5.41) is 8.97. The van der Waals surface area contributed by atoms with Gasteiger partial charge >= 0.3 is 5.97 Å². The summed E-state index contributed by atoms with van der Waals surface area (Å²) in [6.07, 6.45) is 0.569. The molecule has 1 aromatic rings. The molecule has 0 atom stereocenters. The number of benzene rings is 1. The van der Waals surface area contributed by atoms with Crippen LogP contribution in [0, 0.1) is 0 Å². The van der Waals surface area contributed by atoms with Crippen molar-refractivity contribution in [2.24, 2.45) is 0 Å². The van der Waals surface area contributed by atoms with Crippen molar-refractivity contribution < 1.29 is 18.3 Å². The van der Waals surface area contributed by atoms with Gasteiger partial charge in [-0.1, -0.05) is 6.92 Å². The topological polar surface area (TPSA) is 71.4 Å². The van der Waals surface area contributed by atoms with Gasteiger partial charge in [0.05, 0.1) is 16.2 Å². The number of rotatable bonds is 7. The molecular formula is C12H15BrO4S2. The Labute approximate surface area is 125 Å². The Morgan fingerprint density at radius 2 is 2.11 bits per heavy atom. The molecule has 106 valence electrons. The molecule has 0 aliphatic rings. The molecule has 19 heavy (non-hydrogen) atoms. The van der Waals surface area contributed by atoms with E-state index in [9.17, 15) is 13.2 Å². The molecule has 1 aromatic carbocycles. The van der Waals surface area contributed by atoms with E-state index in [0.29, 0.717) is 10.9 Å². The van der Waals surface area contributed by atoms with Gasteiger partial charge in [-0.25, -0.2) is 13.2 Å². The number of carboxylic acid groups (broad SMARTS) is 1. The number of halogens is 1. The van der Waals surface area contributed by atoms with Gasteiger partial charge in [-0.3, -0.25) is 0 Å². The average molecular weight is 367 g/mol. The highest BCUT2D eigenvalue weighted by Crippen LogP contribution is 2.22. The van der Waals surface area contributed by atoms with Gasteiger partial charge in [0.1, 0.15) is 0 Å². The second-order valence-electron chi connectivity index (χ2n) is 3.82. The van der Waals surface area contributed by atoms with E-state index in [1.807, 2.05) is 6.92 Å². The van der Waals surface area contributed by atoms with Crippen LogP contribution in [-0.4, -0.2) is 36.8 Å². The summed E-state index contributed by atoms with van der Waals surface area (Å²) in [5.41, 5.74) is -0.0380. The largest absolute Gasteiger partial charge is 0.478 e. The van der Waals surface area contributed by atoms with Gasteiger partial charge in [0.2, 0.25) is 0 Å². The van der Waals surface area contributed by atoms with Crippen LogP contribution in [0.1, 0.15) is 23.7 Å². The van der Waals surface area contributed by atoms with Gasteiger partial charge in [-0.15, -0.1) is 0 Å². The minimum atomic E-state index is -3.41. The third-order valence-corrected chi connectivity index (χ3v) is 5.91. The third-order valence-electron chi connectivity index (χ3n) is 2.43. The van der Waals surface area contributed by atoms with Crippen LogP contribution >= 0.6 is 27.7 Å². The second-order valence-corrected chi connectivity index (χ2v) is 8.17. The lowest BCUT2D eigenvalue weighted by molar-refractivity contribution is 0.0695. The van der Waals surface area contributed by atoms with Crippen molar-refractivity contribution >= 4 is 43.5 Å². The van der Waals surface area contributed by atoms with E-state index in [2.05, 4.69) is 15.9 Å². The Morgan fingerprint density at radius 1 is 1.42 bits per heavy atom. The van der Waals surface area contributed by atoms with E-state index in [4.69, 9.17) is 5.11 Å². The highest BCUT2D eigenvalue weighted by molar-refractivity contribution is 9.10. The maximum Gasteiger partial charge on any atom is 0.336 e. The Bertz CT molecular complexity index is 555. The zero-order chi connectivity index (χ0) is 14.5. The number of aromatic carboxylic acids is 1. The van der Waals surface area contributed by atoms with Crippen molar-refractivity contribution in [2.75, 3.05) is 17.3 Å². The van der Waals surface area contributed by atoms with Crippen molar-refractivity contribution in [1.82, 2.24) is 0 Å². The highest BCUT2D eigenvalue weighted by atomic mass is 79.9. The van der Waals surface area contributed by atoms with Crippen LogP contribution in [0.3, 0.4) is 0 Å². The smallest absolute Gasteiger partial charge is 0.336 e.